The second-order valence-electron chi connectivity index (χ2n) is 8.89. The SMILES string of the molecule is COc1cc(C2C3=C(CC(c4cccs4)CC3=O)Nc3nc(N)nn32)ccc1OCc1ccccc1. The Bertz CT molecular complexity index is 1450. The molecule has 0 radical (unpaired) electrons. The van der Waals surface area contributed by atoms with Gasteiger partial charge in [0.2, 0.25) is 11.9 Å². The van der Waals surface area contributed by atoms with Crippen LogP contribution in [0.3, 0.4) is 0 Å². The first-order valence-electron chi connectivity index (χ1n) is 11.7. The third kappa shape index (κ3) is 4.01. The summed E-state index contributed by atoms with van der Waals surface area (Å²) in [6, 6.07) is 19.3. The van der Waals surface area contributed by atoms with Gasteiger partial charge in [-0.15, -0.1) is 16.4 Å². The van der Waals surface area contributed by atoms with Crippen molar-refractivity contribution >= 4 is 29.0 Å². The van der Waals surface area contributed by atoms with Gasteiger partial charge in [-0.05, 0) is 41.1 Å². The van der Waals surface area contributed by atoms with E-state index < -0.39 is 6.04 Å². The number of anilines is 2. The van der Waals surface area contributed by atoms with Crippen LogP contribution < -0.4 is 20.5 Å². The maximum Gasteiger partial charge on any atom is 0.241 e. The Labute approximate surface area is 212 Å². The molecule has 2 atom stereocenters. The van der Waals surface area contributed by atoms with E-state index in [4.69, 9.17) is 15.2 Å². The molecule has 0 saturated heterocycles. The minimum absolute atomic E-state index is 0.0928. The molecule has 6 rings (SSSR count). The largest absolute Gasteiger partial charge is 0.493 e. The number of ether oxygens (including phenoxy) is 2. The summed E-state index contributed by atoms with van der Waals surface area (Å²) in [6.07, 6.45) is 1.17. The fourth-order valence-electron chi connectivity index (χ4n) is 4.97. The van der Waals surface area contributed by atoms with Gasteiger partial charge >= 0.3 is 0 Å². The third-order valence-electron chi connectivity index (χ3n) is 6.62. The van der Waals surface area contributed by atoms with Gasteiger partial charge in [-0.1, -0.05) is 42.5 Å². The van der Waals surface area contributed by atoms with Crippen molar-refractivity contribution < 1.29 is 14.3 Å². The van der Waals surface area contributed by atoms with Crippen molar-refractivity contribution in [3.63, 3.8) is 0 Å². The lowest BCUT2D eigenvalue weighted by molar-refractivity contribution is -0.116. The van der Waals surface area contributed by atoms with E-state index in [0.717, 1.165) is 23.2 Å². The maximum absolute atomic E-state index is 13.6. The Balaban J connectivity index is 1.37. The number of carbonyl (C=O) groups excluding carboxylic acids is 1. The van der Waals surface area contributed by atoms with Gasteiger partial charge in [0.1, 0.15) is 12.6 Å². The molecule has 8 nitrogen and oxygen atoms in total. The number of nitrogens with one attached hydrogen (secondary N) is 1. The van der Waals surface area contributed by atoms with E-state index in [9.17, 15) is 4.79 Å². The molecule has 0 amide bonds. The zero-order chi connectivity index (χ0) is 24.6. The van der Waals surface area contributed by atoms with E-state index >= 15 is 0 Å². The van der Waals surface area contributed by atoms with Gasteiger partial charge in [-0.2, -0.15) is 4.98 Å². The van der Waals surface area contributed by atoms with Crippen LogP contribution in [0.2, 0.25) is 0 Å². The number of fused-ring (bicyclic) bond motifs is 1. The Morgan fingerprint density at radius 2 is 1.97 bits per heavy atom. The smallest absolute Gasteiger partial charge is 0.241 e. The molecule has 182 valence electrons. The van der Waals surface area contributed by atoms with Gasteiger partial charge < -0.3 is 20.5 Å². The normalized spacial score (nSPS) is 18.9. The first-order valence-corrected chi connectivity index (χ1v) is 12.6. The molecule has 0 fully saturated rings. The molecule has 4 aromatic rings. The van der Waals surface area contributed by atoms with Crippen LogP contribution in [0.15, 0.2) is 77.3 Å². The highest BCUT2D eigenvalue weighted by atomic mass is 32.1. The fourth-order valence-corrected chi connectivity index (χ4v) is 5.80. The van der Waals surface area contributed by atoms with Crippen molar-refractivity contribution in [1.82, 2.24) is 14.8 Å². The highest BCUT2D eigenvalue weighted by molar-refractivity contribution is 7.10. The van der Waals surface area contributed by atoms with Crippen LogP contribution in [0.4, 0.5) is 11.9 Å². The van der Waals surface area contributed by atoms with Crippen molar-refractivity contribution in [2.75, 3.05) is 18.2 Å². The summed E-state index contributed by atoms with van der Waals surface area (Å²) in [7, 11) is 1.61. The number of ketones is 1. The highest BCUT2D eigenvalue weighted by Gasteiger charge is 2.40. The predicted molar refractivity (Wildman–Crippen MR) is 138 cm³/mol. The molecule has 2 unspecified atom stereocenters. The molecular formula is C27H25N5O3S. The van der Waals surface area contributed by atoms with Crippen LogP contribution in [0.1, 0.15) is 40.8 Å². The van der Waals surface area contributed by atoms with E-state index in [-0.39, 0.29) is 17.6 Å². The number of nitrogens with zero attached hydrogens (tertiary/aromatic N) is 3. The van der Waals surface area contributed by atoms with Crippen LogP contribution in [-0.2, 0) is 11.4 Å². The van der Waals surface area contributed by atoms with Crippen LogP contribution in [0.5, 0.6) is 11.5 Å². The van der Waals surface area contributed by atoms with Gasteiger partial charge in [0.15, 0.2) is 17.3 Å². The van der Waals surface area contributed by atoms with E-state index in [1.807, 2.05) is 60.0 Å². The average Bonchev–Trinajstić information content (AvgIpc) is 3.56. The topological polar surface area (TPSA) is 104 Å². The lowest BCUT2D eigenvalue weighted by atomic mass is 9.80. The molecule has 9 heteroatoms. The number of thiophene rings is 1. The van der Waals surface area contributed by atoms with Crippen molar-refractivity contribution in [3.8, 4) is 11.5 Å². The lowest BCUT2D eigenvalue weighted by Crippen LogP contribution is -2.33. The Morgan fingerprint density at radius 1 is 1.11 bits per heavy atom. The molecular weight excluding hydrogens is 474 g/mol. The monoisotopic (exact) mass is 499 g/mol. The average molecular weight is 500 g/mol. The van der Waals surface area contributed by atoms with Gasteiger partial charge in [0.05, 0.1) is 7.11 Å². The molecule has 0 spiro atoms. The minimum atomic E-state index is -0.463. The van der Waals surface area contributed by atoms with Crippen molar-refractivity contribution in [2.45, 2.75) is 31.4 Å². The Morgan fingerprint density at radius 3 is 2.75 bits per heavy atom. The van der Waals surface area contributed by atoms with Crippen LogP contribution in [0.25, 0.3) is 0 Å². The summed E-state index contributed by atoms with van der Waals surface area (Å²) < 4.78 is 13.4. The van der Waals surface area contributed by atoms with E-state index in [0.29, 0.717) is 36.0 Å². The molecule has 1 aliphatic carbocycles. The number of allylic oxidation sites excluding steroid dienone is 2. The number of hydrogen-bond donors (Lipinski definition) is 2. The number of rotatable bonds is 6. The van der Waals surface area contributed by atoms with Gasteiger partial charge in [0.25, 0.3) is 0 Å². The van der Waals surface area contributed by atoms with Crippen molar-refractivity contribution in [2.24, 2.45) is 0 Å². The quantitative estimate of drug-likeness (QED) is 0.388. The predicted octanol–water partition coefficient (Wildman–Crippen LogP) is 4.93. The number of nitrogen functional groups attached to an aromatic ring is 1. The number of methoxy groups -OCH3 is 1. The first kappa shape index (κ1) is 22.4. The number of Topliss-reactive ketones (excluding diaryl/α,β-unsaturated/α-hetero) is 1. The Hall–Kier alpha value is -4.11. The summed E-state index contributed by atoms with van der Waals surface area (Å²) >= 11 is 1.68. The molecule has 3 heterocycles. The van der Waals surface area contributed by atoms with E-state index in [1.165, 1.54) is 4.88 Å². The fraction of sp³-hybridized carbons (Fsp3) is 0.222. The molecule has 0 bridgehead atoms. The standard InChI is InChI=1S/C27H25N5O3S/c1-34-22-14-17(9-10-21(22)35-15-16-6-3-2-4-7-16)25-24-19(29-27-30-26(28)31-32(25)27)12-18(13-20(24)33)23-8-5-11-36-23/h2-11,14,18,25H,12-13,15H2,1H3,(H3,28,29,30,31). The number of nitrogens with two attached hydrogens (primary N) is 1. The van der Waals surface area contributed by atoms with Crippen molar-refractivity contribution in [3.05, 3.63) is 93.3 Å². The van der Waals surface area contributed by atoms with Gasteiger partial charge in [-0.3, -0.25) is 4.79 Å². The summed E-state index contributed by atoms with van der Waals surface area (Å²) in [5.41, 5.74) is 9.45. The minimum Gasteiger partial charge on any atom is -0.493 e. The second kappa shape index (κ2) is 9.16. The lowest BCUT2D eigenvalue weighted by Gasteiger charge is -2.34. The molecule has 3 N–H and O–H groups in total. The van der Waals surface area contributed by atoms with Crippen LogP contribution in [0, 0.1) is 0 Å². The van der Waals surface area contributed by atoms with Crippen molar-refractivity contribution in [1.29, 1.82) is 0 Å². The van der Waals surface area contributed by atoms with Gasteiger partial charge in [0, 0.05) is 28.5 Å². The van der Waals surface area contributed by atoms with E-state index in [1.54, 1.807) is 23.1 Å². The molecule has 1 aliphatic heterocycles. The molecule has 2 aromatic carbocycles. The maximum atomic E-state index is 13.6. The molecule has 0 saturated carbocycles. The molecule has 36 heavy (non-hydrogen) atoms. The molecule has 2 aliphatic rings. The zero-order valence-corrected chi connectivity index (χ0v) is 20.5. The molecule has 2 aromatic heterocycles. The summed E-state index contributed by atoms with van der Waals surface area (Å²) in [4.78, 5) is 19.2. The van der Waals surface area contributed by atoms with Gasteiger partial charge in [-0.25, -0.2) is 4.68 Å². The summed E-state index contributed by atoms with van der Waals surface area (Å²) in [6.45, 7) is 0.422. The number of benzene rings is 2. The zero-order valence-electron chi connectivity index (χ0n) is 19.7. The number of hydrogen-bond acceptors (Lipinski definition) is 8. The summed E-state index contributed by atoms with van der Waals surface area (Å²) in [5, 5.41) is 9.81. The third-order valence-corrected chi connectivity index (χ3v) is 7.66. The highest BCUT2D eigenvalue weighted by Crippen LogP contribution is 2.46. The summed E-state index contributed by atoms with van der Waals surface area (Å²) in [5.74, 6) is 2.12. The second-order valence-corrected chi connectivity index (χ2v) is 9.87. The number of carbonyl (C=O) groups is 1. The number of aromatic nitrogens is 3. The van der Waals surface area contributed by atoms with Crippen LogP contribution >= 0.6 is 11.3 Å². The first-order chi connectivity index (χ1) is 17.6. The van der Waals surface area contributed by atoms with Crippen LogP contribution in [-0.4, -0.2) is 27.7 Å². The van der Waals surface area contributed by atoms with E-state index in [2.05, 4.69) is 21.5 Å². The Kier molecular flexibility index (Phi) is 5.69.